The Balaban J connectivity index is 2.58. The predicted molar refractivity (Wildman–Crippen MR) is 25.0 cm³/mol. The highest BCUT2D eigenvalue weighted by molar-refractivity contribution is 4.67. The van der Waals surface area contributed by atoms with Crippen LogP contribution in [0.15, 0.2) is 10.9 Å². The van der Waals surface area contributed by atoms with Gasteiger partial charge in [-0.15, -0.1) is 0 Å². The van der Waals surface area contributed by atoms with Crippen LogP contribution < -0.4 is 0 Å². The topological polar surface area (TPSA) is 82.1 Å². The number of nitro groups is 1. The highest BCUT2D eigenvalue weighted by Crippen LogP contribution is 1.90. The van der Waals surface area contributed by atoms with Gasteiger partial charge in [0.05, 0.1) is 0 Å². The average Bonchev–Trinajstić information content (AvgIpc) is 2.15. The van der Waals surface area contributed by atoms with E-state index in [4.69, 9.17) is 0 Å². The minimum atomic E-state index is -0.534. The number of nitrogens with zero attached hydrogens (tertiary/aromatic N) is 3. The van der Waals surface area contributed by atoms with Gasteiger partial charge in [0.2, 0.25) is 0 Å². The molecular formula is C3H3N3O3. The zero-order valence-corrected chi connectivity index (χ0v) is 4.35. The Labute approximate surface area is 49.6 Å². The highest BCUT2D eigenvalue weighted by Gasteiger charge is 2.05. The number of hydrogen-bond acceptors (Lipinski definition) is 5. The van der Waals surface area contributed by atoms with Crippen LogP contribution in [-0.2, 0) is 6.54 Å². The molecule has 1 heterocycles. The first-order valence-corrected chi connectivity index (χ1v) is 2.16. The van der Waals surface area contributed by atoms with Crippen LogP contribution in [0.25, 0.3) is 0 Å². The SMILES string of the molecule is O=[N+]([O-])Cc1ncno1. The van der Waals surface area contributed by atoms with E-state index in [1.54, 1.807) is 0 Å². The molecule has 0 aliphatic heterocycles. The molecule has 0 saturated carbocycles. The quantitative estimate of drug-likeness (QED) is 0.409. The zero-order valence-electron chi connectivity index (χ0n) is 4.35. The van der Waals surface area contributed by atoms with Crippen molar-refractivity contribution in [3.8, 4) is 0 Å². The molecule has 1 rings (SSSR count). The van der Waals surface area contributed by atoms with Crippen LogP contribution in [0.2, 0.25) is 0 Å². The van der Waals surface area contributed by atoms with E-state index < -0.39 is 11.5 Å². The Hall–Kier alpha value is -1.46. The molecule has 0 spiro atoms. The van der Waals surface area contributed by atoms with Crippen LogP contribution in [0, 0.1) is 10.1 Å². The first-order valence-electron chi connectivity index (χ1n) is 2.16. The lowest BCUT2D eigenvalue weighted by atomic mass is 10.7. The van der Waals surface area contributed by atoms with E-state index in [1.165, 1.54) is 0 Å². The fourth-order valence-corrected chi connectivity index (χ4v) is 0.376. The molecule has 0 N–H and O–H groups in total. The molecule has 0 radical (unpaired) electrons. The Morgan fingerprint density at radius 2 is 2.67 bits per heavy atom. The minimum absolute atomic E-state index is 0.0278. The molecular weight excluding hydrogens is 126 g/mol. The van der Waals surface area contributed by atoms with Crippen LogP contribution in [0.4, 0.5) is 0 Å². The van der Waals surface area contributed by atoms with Crippen LogP contribution >= 0.6 is 0 Å². The van der Waals surface area contributed by atoms with Gasteiger partial charge in [0.1, 0.15) is 0 Å². The van der Waals surface area contributed by atoms with Gasteiger partial charge in [-0.25, -0.2) is 0 Å². The summed E-state index contributed by atoms with van der Waals surface area (Å²) >= 11 is 0. The molecule has 48 valence electrons. The normalized spacial score (nSPS) is 9.33. The van der Waals surface area contributed by atoms with E-state index in [0.29, 0.717) is 0 Å². The van der Waals surface area contributed by atoms with E-state index in [2.05, 4.69) is 14.7 Å². The molecule has 0 bridgehead atoms. The minimum Gasteiger partial charge on any atom is -0.332 e. The highest BCUT2D eigenvalue weighted by atomic mass is 16.6. The van der Waals surface area contributed by atoms with Gasteiger partial charge in [0, 0.05) is 4.92 Å². The number of hydrogen-bond donors (Lipinski definition) is 0. The Morgan fingerprint density at radius 3 is 3.11 bits per heavy atom. The number of rotatable bonds is 2. The van der Waals surface area contributed by atoms with E-state index in [1.807, 2.05) is 0 Å². The summed E-state index contributed by atoms with van der Waals surface area (Å²) in [5.41, 5.74) is 0. The van der Waals surface area contributed by atoms with Crippen molar-refractivity contribution in [1.29, 1.82) is 0 Å². The van der Waals surface area contributed by atoms with Gasteiger partial charge in [-0.3, -0.25) is 10.1 Å². The maximum absolute atomic E-state index is 9.74. The summed E-state index contributed by atoms with van der Waals surface area (Å²) in [6.45, 7) is -0.403. The molecule has 0 saturated heterocycles. The molecule has 0 amide bonds. The van der Waals surface area contributed by atoms with Gasteiger partial charge in [-0.2, -0.15) is 4.98 Å². The monoisotopic (exact) mass is 129 g/mol. The van der Waals surface area contributed by atoms with Crippen molar-refractivity contribution in [3.05, 3.63) is 22.3 Å². The van der Waals surface area contributed by atoms with Gasteiger partial charge in [0.15, 0.2) is 6.33 Å². The molecule has 9 heavy (non-hydrogen) atoms. The van der Waals surface area contributed by atoms with Gasteiger partial charge in [-0.05, 0) is 0 Å². The van der Waals surface area contributed by atoms with Crippen molar-refractivity contribution in [2.24, 2.45) is 0 Å². The van der Waals surface area contributed by atoms with Crippen molar-refractivity contribution in [3.63, 3.8) is 0 Å². The van der Waals surface area contributed by atoms with Crippen molar-refractivity contribution in [2.45, 2.75) is 6.54 Å². The van der Waals surface area contributed by atoms with Crippen LogP contribution in [0.3, 0.4) is 0 Å². The molecule has 0 aliphatic rings. The van der Waals surface area contributed by atoms with Gasteiger partial charge >= 0.3 is 0 Å². The first-order chi connectivity index (χ1) is 4.29. The van der Waals surface area contributed by atoms with Crippen molar-refractivity contribution < 1.29 is 9.45 Å². The van der Waals surface area contributed by atoms with Crippen molar-refractivity contribution in [2.75, 3.05) is 0 Å². The smallest absolute Gasteiger partial charge is 0.298 e. The number of aromatic nitrogens is 2. The molecule has 0 aliphatic carbocycles. The third-order valence-corrected chi connectivity index (χ3v) is 0.671. The Kier molecular flexibility index (Phi) is 1.39. The summed E-state index contributed by atoms with van der Waals surface area (Å²) < 4.78 is 4.34. The van der Waals surface area contributed by atoms with Gasteiger partial charge < -0.3 is 4.52 Å². The summed E-state index contributed by atoms with van der Waals surface area (Å²) in [5.74, 6) is 0.0278. The second-order valence-corrected chi connectivity index (χ2v) is 1.33. The summed E-state index contributed by atoms with van der Waals surface area (Å²) in [4.78, 5) is 12.6. The van der Waals surface area contributed by atoms with E-state index >= 15 is 0 Å². The van der Waals surface area contributed by atoms with E-state index in [0.717, 1.165) is 6.33 Å². The molecule has 0 aromatic carbocycles. The predicted octanol–water partition coefficient (Wildman–Crippen LogP) is -0.154. The largest absolute Gasteiger partial charge is 0.332 e. The maximum atomic E-state index is 9.74. The lowest BCUT2D eigenvalue weighted by Gasteiger charge is -1.81. The summed E-state index contributed by atoms with van der Waals surface area (Å²) in [6.07, 6.45) is 1.12. The van der Waals surface area contributed by atoms with Crippen molar-refractivity contribution >= 4 is 0 Å². The summed E-state index contributed by atoms with van der Waals surface area (Å²) in [7, 11) is 0. The van der Waals surface area contributed by atoms with Crippen LogP contribution in [0.5, 0.6) is 0 Å². The standard InChI is InChI=1S/C3H3N3O3/c7-6(8)1-3-4-2-5-9-3/h2H,1H2. The lowest BCUT2D eigenvalue weighted by Crippen LogP contribution is -1.97. The van der Waals surface area contributed by atoms with Crippen molar-refractivity contribution in [1.82, 2.24) is 10.1 Å². The molecule has 6 nitrogen and oxygen atoms in total. The third kappa shape index (κ3) is 1.48. The molecule has 0 atom stereocenters. The molecule has 0 fully saturated rings. The maximum Gasteiger partial charge on any atom is 0.298 e. The second kappa shape index (κ2) is 2.21. The third-order valence-electron chi connectivity index (χ3n) is 0.671. The van der Waals surface area contributed by atoms with Crippen LogP contribution in [-0.4, -0.2) is 15.1 Å². The molecule has 0 unspecified atom stereocenters. The van der Waals surface area contributed by atoms with Gasteiger partial charge in [-0.1, -0.05) is 5.16 Å². The fraction of sp³-hybridized carbons (Fsp3) is 0.333. The summed E-state index contributed by atoms with van der Waals surface area (Å²) in [6, 6.07) is 0. The molecule has 1 aromatic rings. The van der Waals surface area contributed by atoms with E-state index in [-0.39, 0.29) is 5.89 Å². The van der Waals surface area contributed by atoms with Crippen LogP contribution in [0.1, 0.15) is 5.89 Å². The first kappa shape index (κ1) is 5.67. The summed E-state index contributed by atoms with van der Waals surface area (Å²) in [5, 5.41) is 12.9. The van der Waals surface area contributed by atoms with Gasteiger partial charge in [0.25, 0.3) is 12.4 Å². The molecule has 1 aromatic heterocycles. The Morgan fingerprint density at radius 1 is 1.89 bits per heavy atom. The fourth-order valence-electron chi connectivity index (χ4n) is 0.376. The lowest BCUT2D eigenvalue weighted by molar-refractivity contribution is -0.500. The average molecular weight is 129 g/mol. The zero-order chi connectivity index (χ0) is 6.69. The second-order valence-electron chi connectivity index (χ2n) is 1.33. The molecule has 6 heteroatoms. The Bertz CT molecular complexity index is 194. The van der Waals surface area contributed by atoms with E-state index in [9.17, 15) is 10.1 Å².